The van der Waals surface area contributed by atoms with Gasteiger partial charge < -0.3 is 10.0 Å². The molecule has 1 N–H and O–H groups in total. The van der Waals surface area contributed by atoms with Crippen LogP contribution >= 0.6 is 0 Å². The van der Waals surface area contributed by atoms with E-state index in [9.17, 15) is 9.59 Å². The zero-order valence-electron chi connectivity index (χ0n) is 13.3. The summed E-state index contributed by atoms with van der Waals surface area (Å²) < 4.78 is 1.77. The number of carbonyl (C=O) groups excluding carboxylic acids is 1. The highest BCUT2D eigenvalue weighted by Crippen LogP contribution is 2.23. The summed E-state index contributed by atoms with van der Waals surface area (Å²) in [6.45, 7) is 0.691. The second-order valence-corrected chi connectivity index (χ2v) is 6.00. The molecule has 1 fully saturated rings. The van der Waals surface area contributed by atoms with Gasteiger partial charge in [0, 0.05) is 30.3 Å². The maximum atomic E-state index is 12.8. The average molecular weight is 328 g/mol. The van der Waals surface area contributed by atoms with Crippen LogP contribution in [0.25, 0.3) is 5.69 Å². The first-order valence-electron chi connectivity index (χ1n) is 8.13. The summed E-state index contributed by atoms with van der Waals surface area (Å²) in [4.78, 5) is 25.5. The maximum absolute atomic E-state index is 12.8. The van der Waals surface area contributed by atoms with Gasteiger partial charge in [0.05, 0.1) is 0 Å². The largest absolute Gasteiger partial charge is 0.481 e. The number of aliphatic carboxylic acids is 1. The topological polar surface area (TPSA) is 88.3 Å². The molecule has 2 heterocycles. The first-order valence-corrected chi connectivity index (χ1v) is 8.13. The third-order valence-corrected chi connectivity index (χ3v) is 4.41. The number of hydrogen-bond acceptors (Lipinski definition) is 4. The Morgan fingerprint density at radius 3 is 2.50 bits per heavy atom. The number of likely N-dealkylation sites (tertiary alicyclic amines) is 1. The molecule has 7 nitrogen and oxygen atoms in total. The van der Waals surface area contributed by atoms with Crippen molar-refractivity contribution in [2.75, 3.05) is 6.54 Å². The second-order valence-electron chi connectivity index (χ2n) is 6.00. The number of benzene rings is 1. The normalized spacial score (nSPS) is 17.7. The lowest BCUT2D eigenvalue weighted by Crippen LogP contribution is -2.43. The van der Waals surface area contributed by atoms with Crippen molar-refractivity contribution in [1.82, 2.24) is 19.7 Å². The van der Waals surface area contributed by atoms with Gasteiger partial charge in [0.1, 0.15) is 12.7 Å². The van der Waals surface area contributed by atoms with Crippen LogP contribution in [0.3, 0.4) is 0 Å². The Balaban J connectivity index is 1.72. The summed E-state index contributed by atoms with van der Waals surface area (Å²) in [7, 11) is 0. The molecule has 0 spiro atoms. The van der Waals surface area contributed by atoms with Crippen LogP contribution in [-0.2, 0) is 4.79 Å². The molecule has 1 aliphatic rings. The number of aromatic nitrogens is 3. The van der Waals surface area contributed by atoms with Gasteiger partial charge in [0.2, 0.25) is 0 Å². The molecule has 1 amide bonds. The van der Waals surface area contributed by atoms with Crippen molar-refractivity contribution in [1.29, 1.82) is 0 Å². The average Bonchev–Trinajstić information content (AvgIpc) is 3.14. The zero-order chi connectivity index (χ0) is 16.9. The smallest absolute Gasteiger partial charge is 0.303 e. The van der Waals surface area contributed by atoms with Gasteiger partial charge in [-0.15, -0.1) is 10.2 Å². The Hall–Kier alpha value is -2.70. The molecule has 126 valence electrons. The molecule has 2 aromatic rings. The standard InChI is InChI=1S/C17H20N4O3/c22-16(23)9-8-15-3-1-2-10-21(15)17(24)13-4-6-14(7-5-13)20-11-18-19-12-20/h4-7,11-12,15H,1-3,8-10H2,(H,22,23). The summed E-state index contributed by atoms with van der Waals surface area (Å²) in [6, 6.07) is 7.31. The minimum Gasteiger partial charge on any atom is -0.481 e. The van der Waals surface area contributed by atoms with Crippen LogP contribution in [0.4, 0.5) is 0 Å². The number of nitrogens with zero attached hydrogens (tertiary/aromatic N) is 4. The molecule has 1 aromatic carbocycles. The summed E-state index contributed by atoms with van der Waals surface area (Å²) >= 11 is 0. The van der Waals surface area contributed by atoms with Gasteiger partial charge in [-0.05, 0) is 49.9 Å². The Morgan fingerprint density at radius 2 is 1.83 bits per heavy atom. The van der Waals surface area contributed by atoms with Gasteiger partial charge in [-0.2, -0.15) is 0 Å². The Morgan fingerprint density at radius 1 is 1.12 bits per heavy atom. The molecule has 1 unspecified atom stereocenters. The third kappa shape index (κ3) is 3.61. The maximum Gasteiger partial charge on any atom is 0.303 e. The van der Waals surface area contributed by atoms with Gasteiger partial charge >= 0.3 is 5.97 Å². The number of carbonyl (C=O) groups is 2. The van der Waals surface area contributed by atoms with E-state index in [1.807, 2.05) is 17.0 Å². The minimum atomic E-state index is -0.814. The van der Waals surface area contributed by atoms with E-state index in [2.05, 4.69) is 10.2 Å². The van der Waals surface area contributed by atoms with Gasteiger partial charge in [0.15, 0.2) is 0 Å². The Kier molecular flexibility index (Phi) is 4.88. The highest BCUT2D eigenvalue weighted by atomic mass is 16.4. The number of carboxylic acids is 1. The highest BCUT2D eigenvalue weighted by molar-refractivity contribution is 5.94. The van der Waals surface area contributed by atoms with E-state index < -0.39 is 5.97 Å². The van der Waals surface area contributed by atoms with Crippen molar-refractivity contribution in [2.24, 2.45) is 0 Å². The minimum absolute atomic E-state index is 0.0138. The molecule has 24 heavy (non-hydrogen) atoms. The van der Waals surface area contributed by atoms with E-state index in [1.54, 1.807) is 29.4 Å². The molecule has 0 bridgehead atoms. The zero-order valence-corrected chi connectivity index (χ0v) is 13.3. The van der Waals surface area contributed by atoms with Crippen molar-refractivity contribution in [2.45, 2.75) is 38.1 Å². The lowest BCUT2D eigenvalue weighted by Gasteiger charge is -2.35. The second kappa shape index (κ2) is 7.25. The van der Waals surface area contributed by atoms with Crippen molar-refractivity contribution in [3.63, 3.8) is 0 Å². The SMILES string of the molecule is O=C(O)CCC1CCCCN1C(=O)c1ccc(-n2cnnc2)cc1. The predicted molar refractivity (Wildman–Crippen MR) is 86.9 cm³/mol. The predicted octanol–water partition coefficient (Wildman–Crippen LogP) is 2.13. The molecular formula is C17H20N4O3. The Labute approximate surface area is 139 Å². The lowest BCUT2D eigenvalue weighted by atomic mass is 9.97. The number of carboxylic acid groups (broad SMARTS) is 1. The highest BCUT2D eigenvalue weighted by Gasteiger charge is 2.27. The molecular weight excluding hydrogens is 308 g/mol. The van der Waals surface area contributed by atoms with E-state index in [4.69, 9.17) is 5.11 Å². The fourth-order valence-corrected chi connectivity index (χ4v) is 3.13. The molecule has 3 rings (SSSR count). The Bertz CT molecular complexity index is 697. The molecule has 0 radical (unpaired) electrons. The van der Waals surface area contributed by atoms with Crippen LogP contribution in [0.5, 0.6) is 0 Å². The van der Waals surface area contributed by atoms with Crippen LogP contribution in [-0.4, -0.2) is 49.2 Å². The van der Waals surface area contributed by atoms with Crippen LogP contribution in [0.2, 0.25) is 0 Å². The first kappa shape index (κ1) is 16.2. The van der Waals surface area contributed by atoms with E-state index >= 15 is 0 Å². The van der Waals surface area contributed by atoms with E-state index in [0.717, 1.165) is 24.9 Å². The van der Waals surface area contributed by atoms with Crippen molar-refractivity contribution >= 4 is 11.9 Å². The molecule has 0 saturated carbocycles. The third-order valence-electron chi connectivity index (χ3n) is 4.41. The van der Waals surface area contributed by atoms with Crippen LogP contribution in [0.1, 0.15) is 42.5 Å². The van der Waals surface area contributed by atoms with E-state index in [-0.39, 0.29) is 18.4 Å². The van der Waals surface area contributed by atoms with Crippen molar-refractivity contribution in [3.8, 4) is 5.69 Å². The molecule has 1 aromatic heterocycles. The summed E-state index contributed by atoms with van der Waals surface area (Å²) in [5.41, 5.74) is 1.51. The van der Waals surface area contributed by atoms with Crippen molar-refractivity contribution in [3.05, 3.63) is 42.5 Å². The lowest BCUT2D eigenvalue weighted by molar-refractivity contribution is -0.137. The van der Waals surface area contributed by atoms with E-state index in [0.29, 0.717) is 18.5 Å². The molecule has 7 heteroatoms. The summed E-state index contributed by atoms with van der Waals surface area (Å²) in [5, 5.41) is 16.4. The molecule has 1 aliphatic heterocycles. The quantitative estimate of drug-likeness (QED) is 0.908. The van der Waals surface area contributed by atoms with Gasteiger partial charge in [-0.3, -0.25) is 14.2 Å². The fourth-order valence-electron chi connectivity index (χ4n) is 3.13. The fraction of sp³-hybridized carbons (Fsp3) is 0.412. The molecule has 1 saturated heterocycles. The monoisotopic (exact) mass is 328 g/mol. The first-order chi connectivity index (χ1) is 11.6. The number of rotatable bonds is 5. The number of amides is 1. The van der Waals surface area contributed by atoms with Crippen LogP contribution < -0.4 is 0 Å². The summed E-state index contributed by atoms with van der Waals surface area (Å²) in [5.74, 6) is -0.841. The summed E-state index contributed by atoms with van der Waals surface area (Å²) in [6.07, 6.45) is 6.69. The van der Waals surface area contributed by atoms with Crippen LogP contribution in [0, 0.1) is 0 Å². The van der Waals surface area contributed by atoms with E-state index in [1.165, 1.54) is 0 Å². The van der Waals surface area contributed by atoms with Gasteiger partial charge in [-0.25, -0.2) is 0 Å². The van der Waals surface area contributed by atoms with Crippen LogP contribution in [0.15, 0.2) is 36.9 Å². The van der Waals surface area contributed by atoms with Gasteiger partial charge in [-0.1, -0.05) is 0 Å². The van der Waals surface area contributed by atoms with Gasteiger partial charge in [0.25, 0.3) is 5.91 Å². The molecule has 1 atom stereocenters. The number of piperidine rings is 1. The molecule has 0 aliphatic carbocycles. The van der Waals surface area contributed by atoms with Crippen molar-refractivity contribution < 1.29 is 14.7 Å². The number of hydrogen-bond donors (Lipinski definition) is 1.